The van der Waals surface area contributed by atoms with Crippen molar-refractivity contribution in [3.05, 3.63) is 47.3 Å². The molecule has 2 amide bonds. The van der Waals surface area contributed by atoms with Crippen LogP contribution in [0, 0.1) is 0 Å². The third-order valence-corrected chi connectivity index (χ3v) is 5.23. The summed E-state index contributed by atoms with van der Waals surface area (Å²) in [5.74, 6) is -0.0341. The lowest BCUT2D eigenvalue weighted by atomic mass is 10.1. The molecule has 9 nitrogen and oxygen atoms in total. The highest BCUT2D eigenvalue weighted by atomic mass is 32.1. The molecule has 1 aliphatic heterocycles. The van der Waals surface area contributed by atoms with Crippen molar-refractivity contribution in [2.24, 2.45) is 0 Å². The van der Waals surface area contributed by atoms with Crippen LogP contribution in [0.4, 0.5) is 13.9 Å². The highest BCUT2D eigenvalue weighted by Crippen LogP contribution is 2.36. The zero-order chi connectivity index (χ0) is 23.4. The van der Waals surface area contributed by atoms with Crippen molar-refractivity contribution in [1.29, 1.82) is 0 Å². The van der Waals surface area contributed by atoms with E-state index in [0.717, 1.165) is 5.56 Å². The van der Waals surface area contributed by atoms with Crippen LogP contribution in [-0.2, 0) is 4.79 Å². The zero-order valence-electron chi connectivity index (χ0n) is 17.1. The van der Waals surface area contributed by atoms with Crippen LogP contribution in [-0.4, -0.2) is 43.9 Å². The molecule has 0 radical (unpaired) electrons. The van der Waals surface area contributed by atoms with Gasteiger partial charge in [0.25, 0.3) is 5.91 Å². The molecule has 12 heteroatoms. The number of hydrogen-bond acceptors (Lipinski definition) is 8. The molecule has 1 aliphatic rings. The van der Waals surface area contributed by atoms with Gasteiger partial charge in [-0.2, -0.15) is 8.78 Å². The Balaban J connectivity index is 1.33. The van der Waals surface area contributed by atoms with Gasteiger partial charge in [0.2, 0.25) is 12.7 Å². The Bertz CT molecular complexity index is 1190. The molecule has 2 aromatic carbocycles. The van der Waals surface area contributed by atoms with Gasteiger partial charge in [-0.05, 0) is 36.4 Å². The van der Waals surface area contributed by atoms with Gasteiger partial charge in [0, 0.05) is 16.5 Å². The number of nitrogens with one attached hydrogen (secondary N) is 2. The fourth-order valence-electron chi connectivity index (χ4n) is 2.95. The minimum atomic E-state index is -3.03. The Kier molecular flexibility index (Phi) is 6.54. The molecule has 1 aromatic heterocycles. The van der Waals surface area contributed by atoms with E-state index < -0.39 is 18.4 Å². The third kappa shape index (κ3) is 5.29. The smallest absolute Gasteiger partial charge is 0.387 e. The molecule has 4 rings (SSSR count). The molecule has 0 saturated heterocycles. The molecule has 0 atom stereocenters. The molecular weight excluding hydrogens is 460 g/mol. The van der Waals surface area contributed by atoms with Crippen LogP contribution in [0.1, 0.15) is 10.4 Å². The molecule has 0 bridgehead atoms. The number of carbonyl (C=O) groups excluding carboxylic acids is 2. The van der Waals surface area contributed by atoms with Crippen molar-refractivity contribution >= 4 is 28.3 Å². The molecular formula is C21H17F2N3O6S. The molecule has 0 unspecified atom stereocenters. The maximum atomic E-state index is 12.4. The normalized spacial score (nSPS) is 11.9. The first-order valence-electron chi connectivity index (χ1n) is 9.49. The van der Waals surface area contributed by atoms with Crippen LogP contribution >= 0.6 is 11.3 Å². The Morgan fingerprint density at radius 1 is 1.15 bits per heavy atom. The number of carbonyl (C=O) groups is 2. The Hall–Kier alpha value is -3.93. The first kappa shape index (κ1) is 22.3. The SMILES string of the molecule is COc1cc(C(=O)NCC(=O)Nc2nc(-c3ccc4c(c3)OCO4)cs2)ccc1OC(F)F. The van der Waals surface area contributed by atoms with Gasteiger partial charge in [-0.1, -0.05) is 0 Å². The second kappa shape index (κ2) is 9.69. The average molecular weight is 477 g/mol. The van der Waals surface area contributed by atoms with Crippen LogP contribution in [0.2, 0.25) is 0 Å². The number of methoxy groups -OCH3 is 1. The van der Waals surface area contributed by atoms with Gasteiger partial charge in [-0.3, -0.25) is 9.59 Å². The van der Waals surface area contributed by atoms with Crippen molar-refractivity contribution in [2.75, 3.05) is 25.8 Å². The van der Waals surface area contributed by atoms with Crippen molar-refractivity contribution < 1.29 is 37.3 Å². The molecule has 3 aromatic rings. The van der Waals surface area contributed by atoms with Crippen molar-refractivity contribution in [3.63, 3.8) is 0 Å². The quantitative estimate of drug-likeness (QED) is 0.511. The van der Waals surface area contributed by atoms with Crippen LogP contribution in [0.25, 0.3) is 11.3 Å². The van der Waals surface area contributed by atoms with Crippen molar-refractivity contribution in [1.82, 2.24) is 10.3 Å². The number of aromatic nitrogens is 1. The molecule has 0 saturated carbocycles. The lowest BCUT2D eigenvalue weighted by Crippen LogP contribution is -2.32. The van der Waals surface area contributed by atoms with Crippen LogP contribution in [0.15, 0.2) is 41.8 Å². The van der Waals surface area contributed by atoms with E-state index in [1.807, 2.05) is 6.07 Å². The van der Waals surface area contributed by atoms with E-state index in [2.05, 4.69) is 20.4 Å². The number of halogens is 2. The monoisotopic (exact) mass is 477 g/mol. The van der Waals surface area contributed by atoms with Gasteiger partial charge < -0.3 is 29.6 Å². The average Bonchev–Trinajstić information content (AvgIpc) is 3.46. The number of rotatable bonds is 8. The molecule has 0 spiro atoms. The summed E-state index contributed by atoms with van der Waals surface area (Å²) in [6, 6.07) is 9.13. The third-order valence-electron chi connectivity index (χ3n) is 4.47. The lowest BCUT2D eigenvalue weighted by Gasteiger charge is -2.11. The summed E-state index contributed by atoms with van der Waals surface area (Å²) in [5.41, 5.74) is 1.56. The molecule has 33 heavy (non-hydrogen) atoms. The summed E-state index contributed by atoms with van der Waals surface area (Å²) in [4.78, 5) is 28.9. The fraction of sp³-hybridized carbons (Fsp3) is 0.190. The van der Waals surface area contributed by atoms with Crippen LogP contribution in [0.3, 0.4) is 0 Å². The van der Waals surface area contributed by atoms with Gasteiger partial charge in [-0.25, -0.2) is 4.98 Å². The van der Waals surface area contributed by atoms with Gasteiger partial charge in [-0.15, -0.1) is 11.3 Å². The lowest BCUT2D eigenvalue weighted by molar-refractivity contribution is -0.115. The van der Waals surface area contributed by atoms with Gasteiger partial charge >= 0.3 is 6.61 Å². The number of fused-ring (bicyclic) bond motifs is 1. The first-order chi connectivity index (χ1) is 15.9. The van der Waals surface area contributed by atoms with Gasteiger partial charge in [0.15, 0.2) is 28.1 Å². The molecule has 2 N–H and O–H groups in total. The van der Waals surface area contributed by atoms with E-state index in [4.69, 9.17) is 14.2 Å². The minimum absolute atomic E-state index is 0.0359. The molecule has 2 heterocycles. The fourth-order valence-corrected chi connectivity index (χ4v) is 3.68. The number of amides is 2. The Morgan fingerprint density at radius 3 is 2.76 bits per heavy atom. The Morgan fingerprint density at radius 2 is 1.97 bits per heavy atom. The zero-order valence-corrected chi connectivity index (χ0v) is 17.9. The van der Waals surface area contributed by atoms with E-state index >= 15 is 0 Å². The van der Waals surface area contributed by atoms with E-state index in [1.165, 1.54) is 36.6 Å². The van der Waals surface area contributed by atoms with Crippen molar-refractivity contribution in [2.45, 2.75) is 6.61 Å². The standard InChI is InChI=1S/C21H17F2N3O6S/c1-29-16-7-12(3-5-15(16)32-20(22)23)19(28)24-8-18(27)26-21-25-13(9-33-21)11-2-4-14-17(6-11)31-10-30-14/h2-7,9,20H,8,10H2,1H3,(H,24,28)(H,25,26,27). The predicted octanol–water partition coefficient (Wildman–Crippen LogP) is 3.52. The number of anilines is 1. The van der Waals surface area contributed by atoms with E-state index in [-0.39, 0.29) is 30.4 Å². The van der Waals surface area contributed by atoms with Crippen molar-refractivity contribution in [3.8, 4) is 34.3 Å². The van der Waals surface area contributed by atoms with E-state index in [9.17, 15) is 18.4 Å². The number of ether oxygens (including phenoxy) is 4. The Labute approximate surface area is 190 Å². The number of alkyl halides is 2. The number of nitrogens with zero attached hydrogens (tertiary/aromatic N) is 1. The molecule has 172 valence electrons. The summed E-state index contributed by atoms with van der Waals surface area (Å²) in [7, 11) is 1.26. The number of benzene rings is 2. The highest BCUT2D eigenvalue weighted by molar-refractivity contribution is 7.14. The molecule has 0 aliphatic carbocycles. The summed E-state index contributed by atoms with van der Waals surface area (Å²) >= 11 is 1.23. The maximum Gasteiger partial charge on any atom is 0.387 e. The topological polar surface area (TPSA) is 108 Å². The maximum absolute atomic E-state index is 12.4. The second-order valence-electron chi connectivity index (χ2n) is 6.58. The second-order valence-corrected chi connectivity index (χ2v) is 7.44. The van der Waals surface area contributed by atoms with Crippen LogP contribution in [0.5, 0.6) is 23.0 Å². The largest absolute Gasteiger partial charge is 0.493 e. The number of hydrogen-bond donors (Lipinski definition) is 2. The summed E-state index contributed by atoms with van der Waals surface area (Å²) < 4.78 is 44.8. The van der Waals surface area contributed by atoms with E-state index in [0.29, 0.717) is 22.3 Å². The minimum Gasteiger partial charge on any atom is -0.493 e. The predicted molar refractivity (Wildman–Crippen MR) is 114 cm³/mol. The van der Waals surface area contributed by atoms with Crippen LogP contribution < -0.4 is 29.6 Å². The number of thiazole rings is 1. The van der Waals surface area contributed by atoms with E-state index in [1.54, 1.807) is 17.5 Å². The summed E-state index contributed by atoms with van der Waals surface area (Å²) in [5, 5.41) is 7.20. The van der Waals surface area contributed by atoms with Gasteiger partial charge in [0.05, 0.1) is 19.3 Å². The highest BCUT2D eigenvalue weighted by Gasteiger charge is 2.17. The summed E-state index contributed by atoms with van der Waals surface area (Å²) in [6.45, 7) is -3.18. The molecule has 0 fully saturated rings. The summed E-state index contributed by atoms with van der Waals surface area (Å²) in [6.07, 6.45) is 0. The van der Waals surface area contributed by atoms with Gasteiger partial charge in [0.1, 0.15) is 0 Å². The first-order valence-corrected chi connectivity index (χ1v) is 10.4.